The molecule has 1 aromatic rings. The zero-order chi connectivity index (χ0) is 10.0. The van der Waals surface area contributed by atoms with Crippen LogP contribution in [0.3, 0.4) is 0 Å². The zero-order valence-corrected chi connectivity index (χ0v) is 7.37. The van der Waals surface area contributed by atoms with E-state index in [1.165, 1.54) is 12.1 Å². The molecule has 1 rings (SSSR count). The van der Waals surface area contributed by atoms with Gasteiger partial charge in [0.2, 0.25) is 5.82 Å². The molecule has 0 saturated carbocycles. The van der Waals surface area contributed by atoms with Gasteiger partial charge in [0.1, 0.15) is 0 Å². The Morgan fingerprint density at radius 1 is 1.46 bits per heavy atom. The predicted molar refractivity (Wildman–Crippen MR) is 46.7 cm³/mol. The summed E-state index contributed by atoms with van der Waals surface area (Å²) in [5.74, 6) is -0.0336. The van der Waals surface area contributed by atoms with E-state index in [0.29, 0.717) is 5.56 Å². The summed E-state index contributed by atoms with van der Waals surface area (Å²) in [4.78, 5) is 9.63. The molecule has 1 aromatic carbocycles. The molecule has 0 bridgehead atoms. The molecule has 4 heteroatoms. The van der Waals surface area contributed by atoms with Crippen LogP contribution in [0.5, 0.6) is 0 Å². The zero-order valence-electron chi connectivity index (χ0n) is 7.37. The molecule has 0 saturated heterocycles. The van der Waals surface area contributed by atoms with Crippen molar-refractivity contribution in [2.75, 3.05) is 0 Å². The van der Waals surface area contributed by atoms with Gasteiger partial charge in [-0.25, -0.2) is 0 Å². The Kier molecular flexibility index (Phi) is 2.60. The average molecular weight is 182 g/mol. The summed E-state index contributed by atoms with van der Waals surface area (Å²) in [5.41, 5.74) is -0.173. The molecule has 0 atom stereocenters. The molecule has 0 aliphatic carbocycles. The lowest BCUT2D eigenvalue weighted by Crippen LogP contribution is -1.99. The van der Waals surface area contributed by atoms with Crippen molar-refractivity contribution in [3.8, 4) is 0 Å². The number of nitro benzene ring substituents is 1. The molecular formula is C9H9FNO2. The highest BCUT2D eigenvalue weighted by atomic mass is 19.1. The van der Waals surface area contributed by atoms with Crippen molar-refractivity contribution in [1.82, 2.24) is 0 Å². The van der Waals surface area contributed by atoms with Gasteiger partial charge in [-0.05, 0) is 0 Å². The maximum absolute atomic E-state index is 13.3. The second kappa shape index (κ2) is 3.51. The Hall–Kier alpha value is -1.45. The van der Waals surface area contributed by atoms with Crippen molar-refractivity contribution in [3.63, 3.8) is 0 Å². The fourth-order valence-electron chi connectivity index (χ4n) is 1.05. The third kappa shape index (κ3) is 1.83. The molecule has 0 amide bonds. The van der Waals surface area contributed by atoms with Gasteiger partial charge in [0.15, 0.2) is 0 Å². The van der Waals surface area contributed by atoms with Crippen molar-refractivity contribution >= 4 is 5.69 Å². The highest BCUT2D eigenvalue weighted by Crippen LogP contribution is 2.24. The maximum Gasteiger partial charge on any atom is 0.305 e. The summed E-state index contributed by atoms with van der Waals surface area (Å²) in [6.45, 7) is 3.42. The van der Waals surface area contributed by atoms with E-state index in [1.54, 1.807) is 13.8 Å². The fourth-order valence-corrected chi connectivity index (χ4v) is 1.05. The van der Waals surface area contributed by atoms with Crippen molar-refractivity contribution in [2.45, 2.75) is 13.8 Å². The quantitative estimate of drug-likeness (QED) is 0.521. The Bertz CT molecular complexity index is 336. The summed E-state index contributed by atoms with van der Waals surface area (Å²) < 4.78 is 13.3. The second-order valence-corrected chi connectivity index (χ2v) is 2.90. The minimum atomic E-state index is -0.757. The van der Waals surface area contributed by atoms with E-state index in [-0.39, 0.29) is 0 Å². The first-order chi connectivity index (χ1) is 6.04. The van der Waals surface area contributed by atoms with Gasteiger partial charge in [-0.3, -0.25) is 10.1 Å². The molecule has 0 fully saturated rings. The lowest BCUT2D eigenvalue weighted by Gasteiger charge is -2.05. The molecule has 0 aromatic heterocycles. The number of benzene rings is 1. The van der Waals surface area contributed by atoms with E-state index in [4.69, 9.17) is 0 Å². The third-order valence-corrected chi connectivity index (χ3v) is 1.71. The van der Waals surface area contributed by atoms with Gasteiger partial charge in [0.25, 0.3) is 0 Å². The van der Waals surface area contributed by atoms with Crippen LogP contribution < -0.4 is 0 Å². The largest absolute Gasteiger partial charge is 0.305 e. The maximum atomic E-state index is 13.3. The smallest absolute Gasteiger partial charge is 0.258 e. The summed E-state index contributed by atoms with van der Waals surface area (Å²) in [6, 6.07) is 4.16. The molecule has 13 heavy (non-hydrogen) atoms. The Labute approximate surface area is 75.3 Å². The monoisotopic (exact) mass is 182 g/mol. The summed E-state index contributed by atoms with van der Waals surface area (Å²) >= 11 is 0. The van der Waals surface area contributed by atoms with Gasteiger partial charge < -0.3 is 0 Å². The normalized spacial score (nSPS) is 10.5. The van der Waals surface area contributed by atoms with Gasteiger partial charge >= 0.3 is 5.69 Å². The van der Waals surface area contributed by atoms with Gasteiger partial charge in [-0.2, -0.15) is 4.39 Å². The molecule has 69 valence electrons. The summed E-state index contributed by atoms with van der Waals surface area (Å²) in [5, 5.41) is 10.4. The van der Waals surface area contributed by atoms with Crippen LogP contribution in [0, 0.1) is 21.8 Å². The van der Waals surface area contributed by atoms with E-state index in [0.717, 1.165) is 12.0 Å². The number of hydrogen-bond acceptors (Lipinski definition) is 2. The van der Waals surface area contributed by atoms with Crippen LogP contribution in [0.4, 0.5) is 10.1 Å². The van der Waals surface area contributed by atoms with Gasteiger partial charge in [0, 0.05) is 17.5 Å². The van der Waals surface area contributed by atoms with Crippen LogP contribution in [-0.4, -0.2) is 4.92 Å². The molecule has 0 spiro atoms. The van der Waals surface area contributed by atoms with Gasteiger partial charge in [-0.1, -0.05) is 26.0 Å². The topological polar surface area (TPSA) is 43.1 Å². The molecule has 0 aliphatic heterocycles. The first kappa shape index (κ1) is 9.64. The van der Waals surface area contributed by atoms with Crippen molar-refractivity contribution in [1.29, 1.82) is 0 Å². The molecular weight excluding hydrogens is 173 g/mol. The SMILES string of the molecule is C[C](C)c1cccc([N+](=O)[O-])c1F. The van der Waals surface area contributed by atoms with E-state index in [2.05, 4.69) is 0 Å². The van der Waals surface area contributed by atoms with Crippen molar-refractivity contribution in [3.05, 3.63) is 45.6 Å². The molecule has 1 radical (unpaired) electrons. The minimum Gasteiger partial charge on any atom is -0.258 e. The highest BCUT2D eigenvalue weighted by molar-refractivity contribution is 5.42. The van der Waals surface area contributed by atoms with E-state index < -0.39 is 16.4 Å². The van der Waals surface area contributed by atoms with Crippen molar-refractivity contribution in [2.24, 2.45) is 0 Å². The van der Waals surface area contributed by atoms with Crippen LogP contribution in [0.15, 0.2) is 18.2 Å². The number of hydrogen-bond donors (Lipinski definition) is 0. The summed E-state index contributed by atoms with van der Waals surface area (Å²) in [7, 11) is 0. The Morgan fingerprint density at radius 2 is 2.08 bits per heavy atom. The van der Waals surface area contributed by atoms with Crippen LogP contribution in [-0.2, 0) is 0 Å². The van der Waals surface area contributed by atoms with Crippen molar-refractivity contribution < 1.29 is 9.31 Å². The first-order valence-corrected chi connectivity index (χ1v) is 3.77. The van der Waals surface area contributed by atoms with Gasteiger partial charge in [-0.15, -0.1) is 0 Å². The van der Waals surface area contributed by atoms with E-state index >= 15 is 0 Å². The van der Waals surface area contributed by atoms with E-state index in [9.17, 15) is 14.5 Å². The summed E-state index contributed by atoms with van der Waals surface area (Å²) in [6.07, 6.45) is 0. The number of rotatable bonds is 2. The van der Waals surface area contributed by atoms with E-state index in [1.807, 2.05) is 0 Å². The molecule has 0 heterocycles. The molecule has 3 nitrogen and oxygen atoms in total. The number of halogens is 1. The molecule has 0 aliphatic rings. The third-order valence-electron chi connectivity index (χ3n) is 1.71. The lowest BCUT2D eigenvalue weighted by molar-refractivity contribution is -0.387. The Balaban J connectivity index is 3.26. The molecule has 0 N–H and O–H groups in total. The Morgan fingerprint density at radius 3 is 2.54 bits per heavy atom. The number of nitrogens with zero attached hydrogens (tertiary/aromatic N) is 1. The molecule has 0 unspecified atom stereocenters. The fraction of sp³-hybridized carbons (Fsp3) is 0.222. The lowest BCUT2D eigenvalue weighted by atomic mass is 10.0. The van der Waals surface area contributed by atoms with Crippen LogP contribution in [0.1, 0.15) is 19.4 Å². The highest BCUT2D eigenvalue weighted by Gasteiger charge is 2.18. The van der Waals surface area contributed by atoms with Gasteiger partial charge in [0.05, 0.1) is 4.92 Å². The minimum absolute atomic E-state index is 0.300. The average Bonchev–Trinajstić information content (AvgIpc) is 2.03. The van der Waals surface area contributed by atoms with Crippen LogP contribution in [0.25, 0.3) is 0 Å². The van der Waals surface area contributed by atoms with Crippen LogP contribution >= 0.6 is 0 Å². The predicted octanol–water partition coefficient (Wildman–Crippen LogP) is 2.70. The standard InChI is InChI=1S/C9H9FNO2/c1-6(2)7-4-3-5-8(9(7)10)11(12)13/h3-5H,1-2H3. The second-order valence-electron chi connectivity index (χ2n) is 2.90. The number of nitro groups is 1. The first-order valence-electron chi connectivity index (χ1n) is 3.77. The van der Waals surface area contributed by atoms with Crippen LogP contribution in [0.2, 0.25) is 0 Å².